The van der Waals surface area contributed by atoms with Crippen molar-refractivity contribution >= 4 is 39.0 Å². The zero-order valence-electron chi connectivity index (χ0n) is 20.0. The number of carbonyl (C=O) groups excluding carboxylic acids is 2. The Balaban J connectivity index is 1.43. The summed E-state index contributed by atoms with van der Waals surface area (Å²) in [5.41, 5.74) is 2.73. The fourth-order valence-electron chi connectivity index (χ4n) is 5.85. The molecule has 2 aliphatic rings. The minimum absolute atomic E-state index is 0.195. The topological polar surface area (TPSA) is 49.9 Å². The quantitative estimate of drug-likeness (QED) is 0.231. The second kappa shape index (κ2) is 8.57. The van der Waals surface area contributed by atoms with E-state index in [9.17, 15) is 9.59 Å². The molecule has 7 rings (SSSR count). The molecule has 2 heterocycles. The molecule has 3 atom stereocenters. The summed E-state index contributed by atoms with van der Waals surface area (Å²) >= 11 is 0. The predicted molar refractivity (Wildman–Crippen MR) is 143 cm³/mol. The first-order chi connectivity index (χ1) is 18.2. The number of amides is 2. The average Bonchev–Trinajstić information content (AvgIpc) is 3.44. The first kappa shape index (κ1) is 21.8. The first-order valence-corrected chi connectivity index (χ1v) is 12.5. The van der Waals surface area contributed by atoms with E-state index in [1.54, 1.807) is 5.06 Å². The lowest BCUT2D eigenvalue weighted by atomic mass is 9.84. The summed E-state index contributed by atoms with van der Waals surface area (Å²) in [7, 11) is 0. The van der Waals surface area contributed by atoms with Crippen LogP contribution in [0.1, 0.15) is 17.2 Å². The molecule has 0 N–H and O–H groups in total. The summed E-state index contributed by atoms with van der Waals surface area (Å²) in [6.45, 7) is 0.239. The number of likely N-dealkylation sites (tertiary alicyclic amines) is 1. The van der Waals surface area contributed by atoms with Gasteiger partial charge in [-0.15, -0.1) is 0 Å². The molecule has 2 saturated heterocycles. The lowest BCUT2D eigenvalue weighted by Crippen LogP contribution is -2.37. The number of rotatable bonds is 4. The largest absolute Gasteiger partial charge is 0.275 e. The summed E-state index contributed by atoms with van der Waals surface area (Å²) in [5, 5.41) is 6.08. The molecule has 0 radical (unpaired) electrons. The van der Waals surface area contributed by atoms with Crippen LogP contribution in [0.2, 0.25) is 0 Å². The van der Waals surface area contributed by atoms with Crippen molar-refractivity contribution in [2.45, 2.75) is 18.7 Å². The Morgan fingerprint density at radius 2 is 1.22 bits per heavy atom. The average molecular weight is 485 g/mol. The van der Waals surface area contributed by atoms with Crippen LogP contribution in [0.5, 0.6) is 0 Å². The highest BCUT2D eigenvalue weighted by molar-refractivity contribution is 6.09. The Morgan fingerprint density at radius 3 is 1.86 bits per heavy atom. The standard InChI is InChI=1S/C32H24N2O3/c35-31-28-29(27-25-17-9-7-13-22(25)19-23-14-8-10-18-26(23)27)34(24-15-5-2-6-16-24)37-30(28)32(36)33(31)20-21-11-3-1-4-12-21/h1-19,28-30H,20H2/t28-,29-,30-/m1/s1. The molecule has 0 unspecified atom stereocenters. The Labute approximate surface area is 214 Å². The molecular weight excluding hydrogens is 460 g/mol. The molecule has 5 heteroatoms. The number of fused-ring (bicyclic) bond motifs is 3. The van der Waals surface area contributed by atoms with Crippen molar-refractivity contribution in [1.29, 1.82) is 0 Å². The molecule has 37 heavy (non-hydrogen) atoms. The van der Waals surface area contributed by atoms with Crippen LogP contribution in [0.3, 0.4) is 0 Å². The Kier molecular flexibility index (Phi) is 5.05. The summed E-state index contributed by atoms with van der Waals surface area (Å²) in [6.07, 6.45) is -0.876. The highest BCUT2D eigenvalue weighted by atomic mass is 16.7. The smallest absolute Gasteiger partial charge is 0.262 e. The van der Waals surface area contributed by atoms with Gasteiger partial charge in [0.15, 0.2) is 6.10 Å². The van der Waals surface area contributed by atoms with Crippen LogP contribution >= 0.6 is 0 Å². The van der Waals surface area contributed by atoms with Gasteiger partial charge in [-0.25, -0.2) is 5.06 Å². The summed E-state index contributed by atoms with van der Waals surface area (Å²) in [6, 6.07) is 37.5. The van der Waals surface area contributed by atoms with Gasteiger partial charge in [-0.2, -0.15) is 0 Å². The van der Waals surface area contributed by atoms with E-state index in [1.807, 2.05) is 84.9 Å². The number of nitrogens with zero attached hydrogens (tertiary/aromatic N) is 2. The fourth-order valence-corrected chi connectivity index (χ4v) is 5.85. The van der Waals surface area contributed by atoms with Crippen molar-refractivity contribution in [3.05, 3.63) is 126 Å². The third-order valence-electron chi connectivity index (χ3n) is 7.51. The van der Waals surface area contributed by atoms with Gasteiger partial charge in [-0.1, -0.05) is 97.1 Å². The summed E-state index contributed by atoms with van der Waals surface area (Å²) < 4.78 is 0. The molecule has 5 aromatic rings. The summed E-state index contributed by atoms with van der Waals surface area (Å²) in [4.78, 5) is 35.4. The number of hydroxylamine groups is 1. The van der Waals surface area contributed by atoms with Gasteiger partial charge < -0.3 is 0 Å². The normalized spacial score (nSPS) is 21.2. The van der Waals surface area contributed by atoms with E-state index in [1.165, 1.54) is 4.90 Å². The lowest BCUT2D eigenvalue weighted by molar-refractivity contribution is -0.143. The Hall–Kier alpha value is -4.48. The number of hydrogen-bond acceptors (Lipinski definition) is 4. The molecule has 0 spiro atoms. The van der Waals surface area contributed by atoms with Crippen molar-refractivity contribution < 1.29 is 14.4 Å². The Morgan fingerprint density at radius 1 is 0.649 bits per heavy atom. The van der Waals surface area contributed by atoms with Gasteiger partial charge in [0.05, 0.1) is 18.3 Å². The van der Waals surface area contributed by atoms with Gasteiger partial charge in [0.2, 0.25) is 5.91 Å². The second-order valence-corrected chi connectivity index (χ2v) is 9.64. The monoisotopic (exact) mass is 484 g/mol. The van der Waals surface area contributed by atoms with Crippen LogP contribution in [0.15, 0.2) is 115 Å². The molecule has 2 fully saturated rings. The molecule has 5 aromatic carbocycles. The van der Waals surface area contributed by atoms with Gasteiger partial charge in [-0.3, -0.25) is 19.3 Å². The van der Waals surface area contributed by atoms with E-state index < -0.39 is 18.1 Å². The van der Waals surface area contributed by atoms with Crippen molar-refractivity contribution in [3.8, 4) is 0 Å². The predicted octanol–water partition coefficient (Wildman–Crippen LogP) is 6.04. The van der Waals surface area contributed by atoms with Crippen LogP contribution < -0.4 is 5.06 Å². The van der Waals surface area contributed by atoms with Crippen LogP contribution in [-0.4, -0.2) is 22.8 Å². The Bertz CT molecular complexity index is 1600. The van der Waals surface area contributed by atoms with Gasteiger partial charge in [0, 0.05) is 0 Å². The number of para-hydroxylation sites is 1. The first-order valence-electron chi connectivity index (χ1n) is 12.5. The molecule has 2 amide bonds. The number of benzene rings is 5. The van der Waals surface area contributed by atoms with E-state index in [4.69, 9.17) is 4.84 Å². The lowest BCUT2D eigenvalue weighted by Gasteiger charge is -2.30. The van der Waals surface area contributed by atoms with Crippen molar-refractivity contribution in [1.82, 2.24) is 4.90 Å². The van der Waals surface area contributed by atoms with Gasteiger partial charge in [-0.05, 0) is 50.9 Å². The van der Waals surface area contributed by atoms with E-state index in [0.29, 0.717) is 0 Å². The molecule has 0 aromatic heterocycles. The van der Waals surface area contributed by atoms with Crippen LogP contribution in [0.4, 0.5) is 5.69 Å². The van der Waals surface area contributed by atoms with Crippen LogP contribution in [0.25, 0.3) is 21.5 Å². The second-order valence-electron chi connectivity index (χ2n) is 9.64. The molecule has 180 valence electrons. The number of hydrogen-bond donors (Lipinski definition) is 0. The van der Waals surface area contributed by atoms with Crippen molar-refractivity contribution in [2.24, 2.45) is 5.92 Å². The van der Waals surface area contributed by atoms with E-state index in [0.717, 1.165) is 38.4 Å². The molecule has 0 aliphatic carbocycles. The fraction of sp³-hybridized carbons (Fsp3) is 0.125. The van der Waals surface area contributed by atoms with Crippen molar-refractivity contribution in [2.75, 3.05) is 5.06 Å². The van der Waals surface area contributed by atoms with E-state index in [-0.39, 0.29) is 18.4 Å². The van der Waals surface area contributed by atoms with E-state index >= 15 is 0 Å². The van der Waals surface area contributed by atoms with Crippen molar-refractivity contribution in [3.63, 3.8) is 0 Å². The third-order valence-corrected chi connectivity index (χ3v) is 7.51. The maximum absolute atomic E-state index is 14.0. The van der Waals surface area contributed by atoms with Gasteiger partial charge in [0.1, 0.15) is 5.92 Å². The summed E-state index contributed by atoms with van der Waals surface area (Å²) in [5.74, 6) is -1.14. The van der Waals surface area contributed by atoms with Gasteiger partial charge in [0.25, 0.3) is 5.91 Å². The molecule has 0 bridgehead atoms. The minimum atomic E-state index is -0.876. The SMILES string of the molecule is O=C1[C@@H]2[C@@H](c3c4ccccc4cc4ccccc34)N(c3ccccc3)O[C@H]2C(=O)N1Cc1ccccc1. The highest BCUT2D eigenvalue weighted by Gasteiger charge is 2.60. The molecule has 2 aliphatic heterocycles. The van der Waals surface area contributed by atoms with Gasteiger partial charge >= 0.3 is 0 Å². The van der Waals surface area contributed by atoms with E-state index in [2.05, 4.69) is 30.3 Å². The minimum Gasteiger partial charge on any atom is -0.275 e. The van der Waals surface area contributed by atoms with Crippen LogP contribution in [-0.2, 0) is 21.0 Å². The maximum atomic E-state index is 14.0. The number of carbonyl (C=O) groups is 2. The maximum Gasteiger partial charge on any atom is 0.262 e. The highest BCUT2D eigenvalue weighted by Crippen LogP contribution is 2.50. The van der Waals surface area contributed by atoms with Crippen LogP contribution in [0, 0.1) is 5.92 Å². The zero-order chi connectivity index (χ0) is 24.9. The number of imide groups is 1. The molecule has 0 saturated carbocycles. The molecule has 5 nitrogen and oxygen atoms in total. The third kappa shape index (κ3) is 3.43. The number of anilines is 1. The zero-order valence-corrected chi connectivity index (χ0v) is 20.0. The molecular formula is C32H24N2O3.